The third kappa shape index (κ3) is 4.24. The Bertz CT molecular complexity index is 207. The normalized spacial score (nSPS) is 25.5. The van der Waals surface area contributed by atoms with Crippen molar-refractivity contribution in [1.29, 1.82) is 0 Å². The highest BCUT2D eigenvalue weighted by molar-refractivity contribution is 6.55. The minimum Gasteiger partial charge on any atom is -0.416 e. The van der Waals surface area contributed by atoms with Gasteiger partial charge in [-0.05, 0) is 18.0 Å². The van der Waals surface area contributed by atoms with Crippen molar-refractivity contribution in [1.82, 2.24) is 0 Å². The molecule has 2 rings (SSSR count). The Kier molecular flexibility index (Phi) is 6.53. The third-order valence-corrected chi connectivity index (χ3v) is 9.24. The van der Waals surface area contributed by atoms with Crippen molar-refractivity contribution in [3.8, 4) is 0 Å². The molecule has 0 amide bonds. The molecule has 1 atom stereocenters. The zero-order chi connectivity index (χ0) is 12.8. The van der Waals surface area contributed by atoms with Gasteiger partial charge in [0.2, 0.25) is 0 Å². The Balaban J connectivity index is 1.95. The van der Waals surface area contributed by atoms with Crippen LogP contribution in [0.4, 0.5) is 0 Å². The van der Waals surface area contributed by atoms with Crippen LogP contribution in [0, 0.1) is 0 Å². The van der Waals surface area contributed by atoms with Crippen LogP contribution in [0.3, 0.4) is 0 Å². The van der Waals surface area contributed by atoms with Crippen LogP contribution in [-0.4, -0.2) is 21.0 Å². The molecule has 18 heavy (non-hydrogen) atoms. The fourth-order valence-electron chi connectivity index (χ4n) is 3.84. The highest BCUT2D eigenvalue weighted by Gasteiger charge is 2.35. The van der Waals surface area contributed by atoms with Crippen LogP contribution in [0.5, 0.6) is 0 Å². The molecule has 2 aliphatic carbocycles. The molecule has 0 aromatic heterocycles. The summed E-state index contributed by atoms with van der Waals surface area (Å²) in [5, 5.41) is 0. The summed E-state index contributed by atoms with van der Waals surface area (Å²) >= 11 is 5.97. The zero-order valence-electron chi connectivity index (χ0n) is 11.9. The van der Waals surface area contributed by atoms with Gasteiger partial charge in [-0.3, -0.25) is 0 Å². The maximum absolute atomic E-state index is 6.49. The van der Waals surface area contributed by atoms with E-state index in [4.69, 9.17) is 16.0 Å². The van der Waals surface area contributed by atoms with Crippen molar-refractivity contribution in [2.24, 2.45) is 0 Å². The van der Waals surface area contributed by atoms with Gasteiger partial charge in [0.1, 0.15) is 0 Å². The Morgan fingerprint density at radius 3 is 1.78 bits per heavy atom. The van der Waals surface area contributed by atoms with Gasteiger partial charge >= 0.3 is 0 Å². The van der Waals surface area contributed by atoms with E-state index in [0.717, 1.165) is 11.1 Å². The van der Waals surface area contributed by atoms with Crippen molar-refractivity contribution in [2.75, 3.05) is 5.88 Å². The maximum atomic E-state index is 6.49. The Labute approximate surface area is 119 Å². The molecule has 0 N–H and O–H groups in total. The van der Waals surface area contributed by atoms with Gasteiger partial charge in [0.25, 0.3) is 0 Å². The van der Waals surface area contributed by atoms with Crippen molar-refractivity contribution < 1.29 is 4.43 Å². The summed E-state index contributed by atoms with van der Waals surface area (Å²) in [7, 11) is -1.06. The standard InChI is InChI=1S/C15H29ClOSi/c1-13(12-16)17-18(14-8-4-2-5-9-14)15-10-6-3-7-11-15/h13-15,18H,2-12H2,1H3. The van der Waals surface area contributed by atoms with Crippen molar-refractivity contribution >= 4 is 20.6 Å². The number of hydrogen-bond acceptors (Lipinski definition) is 1. The molecule has 1 unspecified atom stereocenters. The minimum atomic E-state index is -1.06. The van der Waals surface area contributed by atoms with E-state index in [2.05, 4.69) is 6.92 Å². The monoisotopic (exact) mass is 288 g/mol. The van der Waals surface area contributed by atoms with Gasteiger partial charge in [0, 0.05) is 5.88 Å². The molecule has 0 bridgehead atoms. The molecule has 3 heteroatoms. The lowest BCUT2D eigenvalue weighted by Crippen LogP contribution is -2.36. The second kappa shape index (κ2) is 7.91. The van der Waals surface area contributed by atoms with E-state index in [1.54, 1.807) is 0 Å². The van der Waals surface area contributed by atoms with Crippen LogP contribution in [0.2, 0.25) is 11.1 Å². The molecule has 2 saturated carbocycles. The van der Waals surface area contributed by atoms with Crippen LogP contribution >= 0.6 is 11.6 Å². The maximum Gasteiger partial charge on any atom is 0.183 e. The van der Waals surface area contributed by atoms with Gasteiger partial charge in [-0.1, -0.05) is 64.2 Å². The SMILES string of the molecule is CC(CCl)O[SiH](C1CCCCC1)C1CCCCC1. The van der Waals surface area contributed by atoms with Gasteiger partial charge in [-0.25, -0.2) is 0 Å². The van der Waals surface area contributed by atoms with Crippen molar-refractivity contribution in [3.05, 3.63) is 0 Å². The number of rotatable bonds is 5. The van der Waals surface area contributed by atoms with Crippen LogP contribution in [0.1, 0.15) is 71.1 Å². The van der Waals surface area contributed by atoms with E-state index in [1.807, 2.05) is 0 Å². The van der Waals surface area contributed by atoms with E-state index >= 15 is 0 Å². The minimum absolute atomic E-state index is 0.284. The molecule has 2 aliphatic rings. The first-order valence-corrected chi connectivity index (χ1v) is 10.4. The van der Waals surface area contributed by atoms with Crippen LogP contribution in [0.25, 0.3) is 0 Å². The van der Waals surface area contributed by atoms with E-state index < -0.39 is 9.04 Å². The molecule has 0 aliphatic heterocycles. The van der Waals surface area contributed by atoms with Gasteiger partial charge in [0.15, 0.2) is 9.04 Å². The zero-order valence-corrected chi connectivity index (χ0v) is 13.8. The Morgan fingerprint density at radius 1 is 0.944 bits per heavy atom. The Morgan fingerprint density at radius 2 is 1.39 bits per heavy atom. The van der Waals surface area contributed by atoms with Crippen LogP contribution < -0.4 is 0 Å². The number of alkyl halides is 1. The predicted octanol–water partition coefficient (Wildman–Crippen LogP) is 5.02. The molecular formula is C15H29ClOSi. The topological polar surface area (TPSA) is 9.23 Å². The van der Waals surface area contributed by atoms with Gasteiger partial charge in [0.05, 0.1) is 6.10 Å². The van der Waals surface area contributed by atoms with E-state index in [0.29, 0.717) is 5.88 Å². The molecule has 1 nitrogen and oxygen atoms in total. The second-order valence-electron chi connectivity index (χ2n) is 6.36. The van der Waals surface area contributed by atoms with Crippen LogP contribution in [-0.2, 0) is 4.43 Å². The molecular weight excluding hydrogens is 260 g/mol. The summed E-state index contributed by atoms with van der Waals surface area (Å²) in [5.74, 6) is 0.670. The van der Waals surface area contributed by atoms with E-state index in [1.165, 1.54) is 64.2 Å². The highest BCUT2D eigenvalue weighted by atomic mass is 35.5. The number of halogens is 1. The molecule has 0 saturated heterocycles. The lowest BCUT2D eigenvalue weighted by Gasteiger charge is -2.37. The quantitative estimate of drug-likeness (QED) is 0.510. The third-order valence-electron chi connectivity index (χ3n) is 4.84. The second-order valence-corrected chi connectivity index (χ2v) is 9.76. The first kappa shape index (κ1) is 14.9. The smallest absolute Gasteiger partial charge is 0.183 e. The van der Waals surface area contributed by atoms with Crippen LogP contribution in [0.15, 0.2) is 0 Å². The molecule has 2 fully saturated rings. The largest absolute Gasteiger partial charge is 0.416 e. The molecule has 106 valence electrons. The highest BCUT2D eigenvalue weighted by Crippen LogP contribution is 2.42. The van der Waals surface area contributed by atoms with Crippen molar-refractivity contribution in [2.45, 2.75) is 88.3 Å². The van der Waals surface area contributed by atoms with Gasteiger partial charge in [-0.2, -0.15) is 0 Å². The first-order valence-electron chi connectivity index (χ1n) is 8.02. The summed E-state index contributed by atoms with van der Waals surface area (Å²) in [6.07, 6.45) is 14.8. The predicted molar refractivity (Wildman–Crippen MR) is 82.1 cm³/mol. The van der Waals surface area contributed by atoms with Crippen molar-refractivity contribution in [3.63, 3.8) is 0 Å². The molecule has 0 aromatic carbocycles. The lowest BCUT2D eigenvalue weighted by atomic mass is 9.99. The van der Waals surface area contributed by atoms with E-state index in [9.17, 15) is 0 Å². The molecule has 0 aromatic rings. The Hall–Kier alpha value is 0.467. The fourth-order valence-corrected chi connectivity index (χ4v) is 8.14. The average molecular weight is 289 g/mol. The summed E-state index contributed by atoms with van der Waals surface area (Å²) < 4.78 is 6.49. The molecule has 0 radical (unpaired) electrons. The molecule has 0 spiro atoms. The summed E-state index contributed by atoms with van der Waals surface area (Å²) in [5.41, 5.74) is 1.90. The van der Waals surface area contributed by atoms with Gasteiger partial charge in [-0.15, -0.1) is 11.6 Å². The summed E-state index contributed by atoms with van der Waals surface area (Å²) in [6, 6.07) is 0. The fraction of sp³-hybridized carbons (Fsp3) is 1.00. The number of hydrogen-bond donors (Lipinski definition) is 0. The summed E-state index contributed by atoms with van der Waals surface area (Å²) in [6.45, 7) is 2.17. The summed E-state index contributed by atoms with van der Waals surface area (Å²) in [4.78, 5) is 0. The van der Waals surface area contributed by atoms with E-state index in [-0.39, 0.29) is 6.10 Å². The van der Waals surface area contributed by atoms with Gasteiger partial charge < -0.3 is 4.43 Å². The lowest BCUT2D eigenvalue weighted by molar-refractivity contribution is 0.221. The average Bonchev–Trinajstić information content (AvgIpc) is 2.46. The molecule has 0 heterocycles. The first-order chi connectivity index (χ1) is 8.81.